The zero-order chi connectivity index (χ0) is 27.4. The van der Waals surface area contributed by atoms with Gasteiger partial charge in [0, 0.05) is 61.5 Å². The van der Waals surface area contributed by atoms with Crippen LogP contribution < -0.4 is 16.2 Å². The Labute approximate surface area is 231 Å². The molecule has 1 amide bonds. The van der Waals surface area contributed by atoms with Gasteiger partial charge in [0.25, 0.3) is 5.91 Å². The predicted molar refractivity (Wildman–Crippen MR) is 152 cm³/mol. The minimum absolute atomic E-state index is 0.101. The van der Waals surface area contributed by atoms with Crippen molar-refractivity contribution in [2.24, 2.45) is 0 Å². The molecule has 4 aromatic rings. The molecule has 3 heterocycles. The van der Waals surface area contributed by atoms with Crippen molar-refractivity contribution in [1.82, 2.24) is 29.8 Å². The molecule has 0 bridgehead atoms. The number of fused-ring (bicyclic) bond motifs is 1. The maximum atomic E-state index is 13.1. The third-order valence-corrected chi connectivity index (χ3v) is 7.06. The van der Waals surface area contributed by atoms with E-state index in [0.29, 0.717) is 22.3 Å². The number of benzene rings is 2. The summed E-state index contributed by atoms with van der Waals surface area (Å²) in [6.07, 6.45) is 3.85. The maximum Gasteiger partial charge on any atom is 0.280 e. The molecule has 0 atom stereocenters. The number of anilines is 2. The number of rotatable bonds is 8. The monoisotopic (exact) mass is 547 g/mol. The highest BCUT2D eigenvalue weighted by Crippen LogP contribution is 2.21. The Morgan fingerprint density at radius 1 is 1.05 bits per heavy atom. The molecule has 10 nitrogen and oxygen atoms in total. The Bertz CT molecular complexity index is 1520. The fraction of sp³-hybridized carbons (Fsp3) is 0.286. The van der Waals surface area contributed by atoms with Gasteiger partial charge in [0.2, 0.25) is 11.4 Å². The van der Waals surface area contributed by atoms with E-state index in [0.717, 1.165) is 44.8 Å². The minimum atomic E-state index is -0.665. The number of nitrogens with one attached hydrogen (secondary N) is 2. The van der Waals surface area contributed by atoms with Crippen LogP contribution in [0.4, 0.5) is 11.6 Å². The molecule has 0 unspecified atom stereocenters. The predicted octanol–water partition coefficient (Wildman–Crippen LogP) is 3.26. The Kier molecular flexibility index (Phi) is 8.18. The van der Waals surface area contributed by atoms with E-state index in [1.807, 2.05) is 12.1 Å². The lowest BCUT2D eigenvalue weighted by atomic mass is 10.1. The standard InChI is InChI=1S/C28H30ClN7O3/c1-34-13-15-35(16-14-34)12-11-19-3-7-21(8-4-19)31-28-30-17-23-25(37)24(27(38)33-39-2)18-36(26(23)32-28)22-9-5-20(29)6-10-22/h3-10,17-18H,11-16H2,1-2H3,(H,33,38)(H,30,31,32). The fourth-order valence-electron chi connectivity index (χ4n) is 4.52. The van der Waals surface area contributed by atoms with Crippen molar-refractivity contribution < 1.29 is 9.63 Å². The van der Waals surface area contributed by atoms with Crippen LogP contribution in [0.25, 0.3) is 16.7 Å². The number of carbonyl (C=O) groups is 1. The lowest BCUT2D eigenvalue weighted by Gasteiger charge is -2.32. The van der Waals surface area contributed by atoms with Crippen molar-refractivity contribution in [2.45, 2.75) is 6.42 Å². The van der Waals surface area contributed by atoms with E-state index in [-0.39, 0.29) is 10.9 Å². The molecule has 2 aromatic carbocycles. The van der Waals surface area contributed by atoms with E-state index in [1.54, 1.807) is 28.8 Å². The number of piperazine rings is 1. The van der Waals surface area contributed by atoms with E-state index < -0.39 is 11.3 Å². The SMILES string of the molecule is CONC(=O)c1cn(-c2ccc(Cl)cc2)c2nc(Nc3ccc(CCN4CCN(C)CC4)cc3)ncc2c1=O. The highest BCUT2D eigenvalue weighted by molar-refractivity contribution is 6.30. The molecular formula is C28H30ClN7O3. The van der Waals surface area contributed by atoms with Gasteiger partial charge in [-0.25, -0.2) is 10.5 Å². The van der Waals surface area contributed by atoms with Crippen molar-refractivity contribution in [2.75, 3.05) is 52.2 Å². The van der Waals surface area contributed by atoms with E-state index >= 15 is 0 Å². The molecule has 202 valence electrons. The average Bonchev–Trinajstić information content (AvgIpc) is 2.94. The summed E-state index contributed by atoms with van der Waals surface area (Å²) in [7, 11) is 3.47. The maximum absolute atomic E-state index is 13.1. The van der Waals surface area contributed by atoms with Crippen LogP contribution in [0.5, 0.6) is 0 Å². The van der Waals surface area contributed by atoms with Gasteiger partial charge in [-0.1, -0.05) is 23.7 Å². The molecule has 1 saturated heterocycles. The number of hydrogen-bond acceptors (Lipinski definition) is 8. The lowest BCUT2D eigenvalue weighted by Crippen LogP contribution is -2.45. The van der Waals surface area contributed by atoms with Gasteiger partial charge in [-0.2, -0.15) is 4.98 Å². The molecule has 5 rings (SSSR count). The third kappa shape index (κ3) is 6.26. The van der Waals surface area contributed by atoms with Gasteiger partial charge in [-0.05, 0) is 55.4 Å². The second-order valence-corrected chi connectivity index (χ2v) is 9.94. The molecule has 2 N–H and O–H groups in total. The molecule has 1 aliphatic rings. The van der Waals surface area contributed by atoms with Crippen LogP contribution in [-0.2, 0) is 11.3 Å². The first-order chi connectivity index (χ1) is 18.9. The number of halogens is 1. The first-order valence-corrected chi connectivity index (χ1v) is 13.1. The van der Waals surface area contributed by atoms with E-state index in [2.05, 4.69) is 49.7 Å². The Balaban J connectivity index is 1.40. The van der Waals surface area contributed by atoms with Crippen molar-refractivity contribution in [3.63, 3.8) is 0 Å². The molecular weight excluding hydrogens is 518 g/mol. The number of carbonyl (C=O) groups excluding carboxylic acids is 1. The molecule has 0 aliphatic carbocycles. The molecule has 0 saturated carbocycles. The zero-order valence-electron chi connectivity index (χ0n) is 21.9. The van der Waals surface area contributed by atoms with Gasteiger partial charge in [0.05, 0.1) is 12.5 Å². The summed E-state index contributed by atoms with van der Waals surface area (Å²) in [4.78, 5) is 44.2. The fourth-order valence-corrected chi connectivity index (χ4v) is 4.65. The van der Waals surface area contributed by atoms with E-state index in [9.17, 15) is 9.59 Å². The minimum Gasteiger partial charge on any atom is -0.324 e. The van der Waals surface area contributed by atoms with Gasteiger partial charge in [-0.3, -0.25) is 14.4 Å². The summed E-state index contributed by atoms with van der Waals surface area (Å²) >= 11 is 6.08. The molecule has 39 heavy (non-hydrogen) atoms. The summed E-state index contributed by atoms with van der Waals surface area (Å²) in [5.74, 6) is -0.342. The second kappa shape index (κ2) is 11.9. The van der Waals surface area contributed by atoms with Gasteiger partial charge in [0.1, 0.15) is 5.56 Å². The summed E-state index contributed by atoms with van der Waals surface area (Å²) in [6, 6.07) is 15.2. The summed E-state index contributed by atoms with van der Waals surface area (Å²) in [5.41, 5.74) is 4.71. The van der Waals surface area contributed by atoms with Crippen LogP contribution in [0.15, 0.2) is 65.7 Å². The average molecular weight is 548 g/mol. The summed E-state index contributed by atoms with van der Waals surface area (Å²) in [6.45, 7) is 5.48. The first kappa shape index (κ1) is 26.8. The van der Waals surface area contributed by atoms with Crippen molar-refractivity contribution in [3.05, 3.63) is 87.3 Å². The van der Waals surface area contributed by atoms with Gasteiger partial charge in [0.15, 0.2) is 5.65 Å². The van der Waals surface area contributed by atoms with Crippen LogP contribution in [0.2, 0.25) is 5.02 Å². The van der Waals surface area contributed by atoms with Crippen LogP contribution in [-0.4, -0.2) is 77.1 Å². The van der Waals surface area contributed by atoms with Crippen LogP contribution >= 0.6 is 11.6 Å². The number of hydrogen-bond donors (Lipinski definition) is 2. The van der Waals surface area contributed by atoms with Crippen molar-refractivity contribution >= 4 is 40.2 Å². The van der Waals surface area contributed by atoms with Gasteiger partial charge in [-0.15, -0.1) is 0 Å². The van der Waals surface area contributed by atoms with Crippen LogP contribution in [0.3, 0.4) is 0 Å². The smallest absolute Gasteiger partial charge is 0.280 e. The summed E-state index contributed by atoms with van der Waals surface area (Å²) < 4.78 is 1.66. The molecule has 0 radical (unpaired) electrons. The Morgan fingerprint density at radius 2 is 1.77 bits per heavy atom. The van der Waals surface area contributed by atoms with Gasteiger partial charge >= 0.3 is 0 Å². The number of likely N-dealkylation sites (N-methyl/N-ethyl adjacent to an activating group) is 1. The topological polar surface area (TPSA) is 105 Å². The van der Waals surface area contributed by atoms with Crippen molar-refractivity contribution in [3.8, 4) is 5.69 Å². The molecule has 2 aromatic heterocycles. The molecule has 11 heteroatoms. The number of pyridine rings is 1. The number of hydroxylamine groups is 1. The highest BCUT2D eigenvalue weighted by Gasteiger charge is 2.18. The Hall–Kier alpha value is -3.83. The summed E-state index contributed by atoms with van der Waals surface area (Å²) in [5, 5.41) is 3.98. The van der Waals surface area contributed by atoms with Crippen LogP contribution in [0, 0.1) is 0 Å². The third-order valence-electron chi connectivity index (χ3n) is 6.81. The number of amides is 1. The van der Waals surface area contributed by atoms with Crippen molar-refractivity contribution in [1.29, 1.82) is 0 Å². The first-order valence-electron chi connectivity index (χ1n) is 12.7. The quantitative estimate of drug-likeness (QED) is 0.324. The van der Waals surface area contributed by atoms with E-state index in [1.165, 1.54) is 25.1 Å². The van der Waals surface area contributed by atoms with Gasteiger partial charge < -0.3 is 19.7 Å². The zero-order valence-corrected chi connectivity index (χ0v) is 22.6. The van der Waals surface area contributed by atoms with E-state index in [4.69, 9.17) is 16.4 Å². The Morgan fingerprint density at radius 3 is 2.46 bits per heavy atom. The number of aromatic nitrogens is 3. The second-order valence-electron chi connectivity index (χ2n) is 9.50. The number of nitrogens with zero attached hydrogens (tertiary/aromatic N) is 5. The lowest BCUT2D eigenvalue weighted by molar-refractivity contribution is 0.0536. The normalized spacial score (nSPS) is 14.4. The highest BCUT2D eigenvalue weighted by atomic mass is 35.5. The largest absolute Gasteiger partial charge is 0.324 e. The molecule has 1 fully saturated rings. The van der Waals surface area contributed by atoms with Crippen LogP contribution in [0.1, 0.15) is 15.9 Å². The molecule has 0 spiro atoms. The molecule has 1 aliphatic heterocycles.